The molecule has 0 atom stereocenters. The average Bonchev–Trinajstić information content (AvgIpc) is 3.45. The van der Waals surface area contributed by atoms with Gasteiger partial charge >= 0.3 is 0 Å². The van der Waals surface area contributed by atoms with Crippen molar-refractivity contribution in [3.05, 3.63) is 62.7 Å². The quantitative estimate of drug-likeness (QED) is 0.581. The van der Waals surface area contributed by atoms with Crippen molar-refractivity contribution >= 4 is 34.8 Å². The summed E-state index contributed by atoms with van der Waals surface area (Å²) in [5, 5.41) is 16.2. The monoisotopic (exact) mass is 389 g/mol. The third-order valence-corrected chi connectivity index (χ3v) is 4.35. The summed E-state index contributed by atoms with van der Waals surface area (Å²) in [6.07, 6.45) is 1.85. The number of halogens is 1. The number of nitro benzene ring substituents is 1. The Morgan fingerprint density at radius 1 is 1.15 bits per heavy atom. The summed E-state index contributed by atoms with van der Waals surface area (Å²) in [5.74, 6) is -0.427. The van der Waals surface area contributed by atoms with Crippen molar-refractivity contribution in [2.75, 3.05) is 12.4 Å². The van der Waals surface area contributed by atoms with E-state index >= 15 is 0 Å². The van der Waals surface area contributed by atoms with E-state index in [1.807, 2.05) is 0 Å². The first-order valence-corrected chi connectivity index (χ1v) is 8.51. The second-order valence-electron chi connectivity index (χ2n) is 6.03. The molecule has 0 spiro atoms. The van der Waals surface area contributed by atoms with Crippen molar-refractivity contribution in [2.45, 2.75) is 18.9 Å². The molecule has 1 aliphatic rings. The minimum Gasteiger partial charge on any atom is -0.497 e. The normalized spacial score (nSPS) is 13.0. The minimum atomic E-state index is -0.600. The summed E-state index contributed by atoms with van der Waals surface area (Å²) >= 11 is 6.00. The van der Waals surface area contributed by atoms with Crippen LogP contribution in [-0.4, -0.2) is 29.9 Å². The number of amides is 2. The molecule has 140 valence electrons. The van der Waals surface area contributed by atoms with Crippen molar-refractivity contribution in [2.24, 2.45) is 0 Å². The first-order valence-electron chi connectivity index (χ1n) is 8.13. The molecule has 2 aromatic carbocycles. The van der Waals surface area contributed by atoms with Crippen molar-refractivity contribution in [1.82, 2.24) is 5.32 Å². The SMILES string of the molecule is COc1ccc(NC(=O)c2ccc([N+](=O)[O-])cc2Cl)c(C(=O)NC2CC2)c1. The summed E-state index contributed by atoms with van der Waals surface area (Å²) in [4.78, 5) is 35.2. The number of non-ortho nitro benzene ring substituents is 1. The number of nitrogens with zero attached hydrogens (tertiary/aromatic N) is 1. The molecule has 0 bridgehead atoms. The number of nitrogens with one attached hydrogen (secondary N) is 2. The van der Waals surface area contributed by atoms with Gasteiger partial charge in [-0.15, -0.1) is 0 Å². The molecule has 27 heavy (non-hydrogen) atoms. The van der Waals surface area contributed by atoms with Crippen LogP contribution in [0.2, 0.25) is 5.02 Å². The second-order valence-corrected chi connectivity index (χ2v) is 6.44. The van der Waals surface area contributed by atoms with E-state index in [4.69, 9.17) is 16.3 Å². The van der Waals surface area contributed by atoms with Gasteiger partial charge in [0.1, 0.15) is 5.75 Å². The molecule has 1 saturated carbocycles. The van der Waals surface area contributed by atoms with E-state index in [1.165, 1.54) is 25.3 Å². The molecular weight excluding hydrogens is 374 g/mol. The van der Waals surface area contributed by atoms with Crippen LogP contribution in [0.5, 0.6) is 5.75 Å². The highest BCUT2D eigenvalue weighted by Gasteiger charge is 2.26. The van der Waals surface area contributed by atoms with E-state index in [2.05, 4.69) is 10.6 Å². The molecule has 2 N–H and O–H groups in total. The van der Waals surface area contributed by atoms with Crippen molar-refractivity contribution in [3.63, 3.8) is 0 Å². The lowest BCUT2D eigenvalue weighted by Gasteiger charge is -2.13. The highest BCUT2D eigenvalue weighted by atomic mass is 35.5. The Labute approximate surface area is 159 Å². The number of benzene rings is 2. The number of hydrogen-bond acceptors (Lipinski definition) is 5. The molecule has 0 unspecified atom stereocenters. The molecule has 2 amide bonds. The predicted octanol–water partition coefficient (Wildman–Crippen LogP) is 3.40. The maximum Gasteiger partial charge on any atom is 0.270 e. The number of nitro groups is 1. The lowest BCUT2D eigenvalue weighted by atomic mass is 10.1. The molecule has 2 aromatic rings. The third-order valence-electron chi connectivity index (χ3n) is 4.04. The summed E-state index contributed by atoms with van der Waals surface area (Å²) in [6.45, 7) is 0. The summed E-state index contributed by atoms with van der Waals surface area (Å²) in [5.41, 5.74) is 0.387. The average molecular weight is 390 g/mol. The molecule has 0 saturated heterocycles. The molecule has 1 aliphatic carbocycles. The van der Waals surface area contributed by atoms with Crippen LogP contribution in [0, 0.1) is 10.1 Å². The fourth-order valence-corrected chi connectivity index (χ4v) is 2.69. The summed E-state index contributed by atoms with van der Waals surface area (Å²) in [7, 11) is 1.48. The van der Waals surface area contributed by atoms with Gasteiger partial charge in [-0.05, 0) is 37.1 Å². The number of ether oxygens (including phenoxy) is 1. The van der Waals surface area contributed by atoms with Crippen LogP contribution in [0.4, 0.5) is 11.4 Å². The highest BCUT2D eigenvalue weighted by Crippen LogP contribution is 2.27. The number of anilines is 1. The van der Waals surface area contributed by atoms with Crippen LogP contribution in [0.15, 0.2) is 36.4 Å². The Hall–Kier alpha value is -3.13. The van der Waals surface area contributed by atoms with E-state index in [0.717, 1.165) is 18.9 Å². The van der Waals surface area contributed by atoms with Crippen LogP contribution in [-0.2, 0) is 0 Å². The van der Waals surface area contributed by atoms with Gasteiger partial charge < -0.3 is 15.4 Å². The van der Waals surface area contributed by atoms with Gasteiger partial charge in [-0.2, -0.15) is 0 Å². The lowest BCUT2D eigenvalue weighted by molar-refractivity contribution is -0.384. The van der Waals surface area contributed by atoms with E-state index in [-0.39, 0.29) is 39.5 Å². The van der Waals surface area contributed by atoms with Gasteiger partial charge in [0, 0.05) is 18.2 Å². The van der Waals surface area contributed by atoms with E-state index in [9.17, 15) is 19.7 Å². The predicted molar refractivity (Wildman–Crippen MR) is 99.5 cm³/mol. The molecule has 1 fully saturated rings. The van der Waals surface area contributed by atoms with Gasteiger partial charge in [-0.3, -0.25) is 19.7 Å². The Bertz CT molecular complexity index is 927. The van der Waals surface area contributed by atoms with Crippen LogP contribution in [0.25, 0.3) is 0 Å². The first kappa shape index (κ1) is 18.7. The van der Waals surface area contributed by atoms with Gasteiger partial charge in [0.05, 0.1) is 33.9 Å². The first-order chi connectivity index (χ1) is 12.9. The Balaban J connectivity index is 1.86. The third kappa shape index (κ3) is 4.35. The van der Waals surface area contributed by atoms with E-state index in [0.29, 0.717) is 5.75 Å². The molecule has 0 radical (unpaired) electrons. The fourth-order valence-electron chi connectivity index (χ4n) is 2.43. The number of hydrogen-bond donors (Lipinski definition) is 2. The standard InChI is InChI=1S/C18H16ClN3O5/c1-27-12-5-7-16(14(9-12)18(24)20-10-2-3-10)21-17(23)13-6-4-11(22(25)26)8-15(13)19/h4-10H,2-3H2,1H3,(H,20,24)(H,21,23). The molecule has 0 aromatic heterocycles. The molecule has 9 heteroatoms. The van der Waals surface area contributed by atoms with E-state index in [1.54, 1.807) is 12.1 Å². The Kier molecular flexibility index (Phi) is 5.27. The van der Waals surface area contributed by atoms with Gasteiger partial charge in [-0.25, -0.2) is 0 Å². The maximum atomic E-state index is 12.6. The van der Waals surface area contributed by atoms with Crippen LogP contribution in [0.1, 0.15) is 33.6 Å². The zero-order chi connectivity index (χ0) is 19.6. The topological polar surface area (TPSA) is 111 Å². The molecule has 0 heterocycles. The minimum absolute atomic E-state index is 0.0563. The van der Waals surface area contributed by atoms with Crippen molar-refractivity contribution in [3.8, 4) is 5.75 Å². The zero-order valence-corrected chi connectivity index (χ0v) is 15.1. The van der Waals surface area contributed by atoms with Crippen LogP contribution in [0.3, 0.4) is 0 Å². The van der Waals surface area contributed by atoms with E-state index < -0.39 is 10.8 Å². The van der Waals surface area contributed by atoms with Gasteiger partial charge in [0.15, 0.2) is 0 Å². The van der Waals surface area contributed by atoms with Gasteiger partial charge in [0.25, 0.3) is 17.5 Å². The van der Waals surface area contributed by atoms with Gasteiger partial charge in [0.2, 0.25) is 0 Å². The number of methoxy groups -OCH3 is 1. The molecular formula is C18H16ClN3O5. The maximum absolute atomic E-state index is 12.6. The van der Waals surface area contributed by atoms with Crippen LogP contribution >= 0.6 is 11.6 Å². The van der Waals surface area contributed by atoms with Crippen LogP contribution < -0.4 is 15.4 Å². The molecule has 0 aliphatic heterocycles. The zero-order valence-electron chi connectivity index (χ0n) is 14.3. The largest absolute Gasteiger partial charge is 0.497 e. The van der Waals surface area contributed by atoms with Gasteiger partial charge in [-0.1, -0.05) is 11.6 Å². The summed E-state index contributed by atoms with van der Waals surface area (Å²) in [6, 6.07) is 8.41. The van der Waals surface area contributed by atoms with Crippen molar-refractivity contribution < 1.29 is 19.2 Å². The lowest BCUT2D eigenvalue weighted by Crippen LogP contribution is -2.27. The number of rotatable bonds is 6. The second kappa shape index (κ2) is 7.63. The smallest absolute Gasteiger partial charge is 0.270 e. The number of carbonyl (C=O) groups excluding carboxylic acids is 2. The fraction of sp³-hybridized carbons (Fsp3) is 0.222. The number of carbonyl (C=O) groups is 2. The van der Waals surface area contributed by atoms with Crippen molar-refractivity contribution in [1.29, 1.82) is 0 Å². The highest BCUT2D eigenvalue weighted by molar-refractivity contribution is 6.34. The molecule has 8 nitrogen and oxygen atoms in total. The Morgan fingerprint density at radius 2 is 1.89 bits per heavy atom. The summed E-state index contributed by atoms with van der Waals surface area (Å²) < 4.78 is 5.15. The molecule has 3 rings (SSSR count). The Morgan fingerprint density at radius 3 is 2.48 bits per heavy atom.